The number of rotatable bonds is 5. The monoisotopic (exact) mass is 393 g/mol. The maximum Gasteiger partial charge on any atom is 0.261 e. The summed E-state index contributed by atoms with van der Waals surface area (Å²) in [5.41, 5.74) is 2.61. The molecule has 2 aromatic rings. The van der Waals surface area contributed by atoms with Crippen molar-refractivity contribution in [2.24, 2.45) is 0 Å². The molecule has 0 radical (unpaired) electrons. The standard InChI is InChI=1S/C22H23N3O4/c1-24(2)16-8-6-15(7-9-16)23-20(26)14-5-10-18-19(12-14)22(28)25(21(18)27)13-17-4-3-11-29-17/h5-10,12,17H,3-4,11,13H2,1-2H3,(H,23,26). The highest BCUT2D eigenvalue weighted by atomic mass is 16.5. The van der Waals surface area contributed by atoms with Crippen LogP contribution in [0.5, 0.6) is 0 Å². The molecule has 7 heteroatoms. The second kappa shape index (κ2) is 7.67. The molecule has 1 atom stereocenters. The molecular weight excluding hydrogens is 370 g/mol. The Morgan fingerprint density at radius 1 is 1.10 bits per heavy atom. The van der Waals surface area contributed by atoms with E-state index < -0.39 is 0 Å². The van der Waals surface area contributed by atoms with Crippen LogP contribution in [0.1, 0.15) is 43.9 Å². The largest absolute Gasteiger partial charge is 0.378 e. The molecule has 150 valence electrons. The van der Waals surface area contributed by atoms with Gasteiger partial charge < -0.3 is 15.0 Å². The number of amides is 3. The van der Waals surface area contributed by atoms with Gasteiger partial charge in [0, 0.05) is 37.6 Å². The number of hydrogen-bond acceptors (Lipinski definition) is 5. The minimum absolute atomic E-state index is 0.106. The first-order valence-electron chi connectivity index (χ1n) is 9.64. The minimum Gasteiger partial charge on any atom is -0.378 e. The molecule has 0 spiro atoms. The Morgan fingerprint density at radius 3 is 2.48 bits per heavy atom. The predicted molar refractivity (Wildman–Crippen MR) is 110 cm³/mol. The highest BCUT2D eigenvalue weighted by molar-refractivity contribution is 6.22. The summed E-state index contributed by atoms with van der Waals surface area (Å²) in [6.45, 7) is 0.916. The van der Waals surface area contributed by atoms with E-state index in [-0.39, 0.29) is 35.9 Å². The van der Waals surface area contributed by atoms with Gasteiger partial charge in [-0.25, -0.2) is 0 Å². The maximum absolute atomic E-state index is 12.7. The molecule has 2 aliphatic rings. The van der Waals surface area contributed by atoms with Crippen molar-refractivity contribution in [2.75, 3.05) is 37.5 Å². The van der Waals surface area contributed by atoms with Crippen molar-refractivity contribution in [3.63, 3.8) is 0 Å². The lowest BCUT2D eigenvalue weighted by Gasteiger charge is -2.17. The zero-order chi connectivity index (χ0) is 20.5. The fourth-order valence-electron chi connectivity index (χ4n) is 3.64. The van der Waals surface area contributed by atoms with Gasteiger partial charge in [0.2, 0.25) is 0 Å². The third-order valence-electron chi connectivity index (χ3n) is 5.28. The molecule has 1 N–H and O–H groups in total. The molecule has 2 aromatic carbocycles. The molecule has 3 amide bonds. The molecule has 0 saturated carbocycles. The second-order valence-corrected chi connectivity index (χ2v) is 7.51. The Bertz CT molecular complexity index is 963. The van der Waals surface area contributed by atoms with Crippen LogP contribution in [-0.2, 0) is 4.74 Å². The molecule has 2 heterocycles. The molecule has 7 nitrogen and oxygen atoms in total. The van der Waals surface area contributed by atoms with E-state index in [0.717, 1.165) is 18.5 Å². The van der Waals surface area contributed by atoms with E-state index >= 15 is 0 Å². The molecule has 1 fully saturated rings. The van der Waals surface area contributed by atoms with Crippen LogP contribution in [0.4, 0.5) is 11.4 Å². The number of ether oxygens (including phenoxy) is 1. The van der Waals surface area contributed by atoms with Crippen LogP contribution in [0.3, 0.4) is 0 Å². The summed E-state index contributed by atoms with van der Waals surface area (Å²) in [5.74, 6) is -1.03. The topological polar surface area (TPSA) is 79.0 Å². The average molecular weight is 393 g/mol. The lowest BCUT2D eigenvalue weighted by molar-refractivity contribution is 0.0475. The number of nitrogens with zero attached hydrogens (tertiary/aromatic N) is 2. The molecular formula is C22H23N3O4. The molecule has 0 bridgehead atoms. The number of hydrogen-bond donors (Lipinski definition) is 1. The number of carbonyl (C=O) groups is 3. The molecule has 2 aliphatic heterocycles. The number of benzene rings is 2. The smallest absolute Gasteiger partial charge is 0.261 e. The molecule has 1 unspecified atom stereocenters. The van der Waals surface area contributed by atoms with Crippen molar-refractivity contribution < 1.29 is 19.1 Å². The third kappa shape index (κ3) is 3.73. The van der Waals surface area contributed by atoms with Gasteiger partial charge in [-0.1, -0.05) is 0 Å². The van der Waals surface area contributed by atoms with Gasteiger partial charge in [-0.15, -0.1) is 0 Å². The SMILES string of the molecule is CN(C)c1ccc(NC(=O)c2ccc3c(c2)C(=O)N(CC2CCCO2)C3=O)cc1. The highest BCUT2D eigenvalue weighted by Gasteiger charge is 2.37. The number of imide groups is 1. The summed E-state index contributed by atoms with van der Waals surface area (Å²) in [4.78, 5) is 41.2. The van der Waals surface area contributed by atoms with Crippen molar-refractivity contribution in [1.82, 2.24) is 4.90 Å². The molecule has 4 rings (SSSR count). The van der Waals surface area contributed by atoms with Gasteiger partial charge in [0.25, 0.3) is 17.7 Å². The van der Waals surface area contributed by atoms with E-state index in [4.69, 9.17) is 4.74 Å². The van der Waals surface area contributed by atoms with Gasteiger partial charge in [0.15, 0.2) is 0 Å². The van der Waals surface area contributed by atoms with Crippen LogP contribution in [0.2, 0.25) is 0 Å². The average Bonchev–Trinajstić information content (AvgIpc) is 3.31. The van der Waals surface area contributed by atoms with E-state index in [9.17, 15) is 14.4 Å². The number of nitrogens with one attached hydrogen (secondary N) is 1. The fraction of sp³-hybridized carbons (Fsp3) is 0.318. The Balaban J connectivity index is 1.50. The van der Waals surface area contributed by atoms with Crippen LogP contribution in [0.25, 0.3) is 0 Å². The van der Waals surface area contributed by atoms with Crippen molar-refractivity contribution in [3.05, 3.63) is 59.2 Å². The number of anilines is 2. The van der Waals surface area contributed by atoms with Crippen molar-refractivity contribution in [1.29, 1.82) is 0 Å². The second-order valence-electron chi connectivity index (χ2n) is 7.51. The van der Waals surface area contributed by atoms with Gasteiger partial charge in [0.1, 0.15) is 0 Å². The van der Waals surface area contributed by atoms with E-state index in [1.54, 1.807) is 12.1 Å². The van der Waals surface area contributed by atoms with Crippen LogP contribution in [0, 0.1) is 0 Å². The summed E-state index contributed by atoms with van der Waals surface area (Å²) in [6.07, 6.45) is 1.67. The molecule has 1 saturated heterocycles. The maximum atomic E-state index is 12.7. The Morgan fingerprint density at radius 2 is 1.83 bits per heavy atom. The van der Waals surface area contributed by atoms with Gasteiger partial charge in [0.05, 0.1) is 23.8 Å². The zero-order valence-electron chi connectivity index (χ0n) is 16.5. The van der Waals surface area contributed by atoms with Crippen molar-refractivity contribution in [2.45, 2.75) is 18.9 Å². The van der Waals surface area contributed by atoms with Gasteiger partial charge in [-0.2, -0.15) is 0 Å². The first-order chi connectivity index (χ1) is 13.9. The van der Waals surface area contributed by atoms with Gasteiger partial charge in [-0.3, -0.25) is 19.3 Å². The first-order valence-corrected chi connectivity index (χ1v) is 9.64. The van der Waals surface area contributed by atoms with Crippen LogP contribution >= 0.6 is 0 Å². The summed E-state index contributed by atoms with van der Waals surface area (Å²) < 4.78 is 5.55. The summed E-state index contributed by atoms with van der Waals surface area (Å²) in [7, 11) is 3.89. The van der Waals surface area contributed by atoms with Crippen LogP contribution in [0.15, 0.2) is 42.5 Å². The fourth-order valence-corrected chi connectivity index (χ4v) is 3.64. The van der Waals surface area contributed by atoms with Gasteiger partial charge >= 0.3 is 0 Å². The Kier molecular flexibility index (Phi) is 5.07. The third-order valence-corrected chi connectivity index (χ3v) is 5.28. The highest BCUT2D eigenvalue weighted by Crippen LogP contribution is 2.26. The summed E-state index contributed by atoms with van der Waals surface area (Å²) in [5, 5.41) is 2.82. The zero-order valence-corrected chi connectivity index (χ0v) is 16.5. The lowest BCUT2D eigenvalue weighted by atomic mass is 10.1. The molecule has 0 aliphatic carbocycles. The van der Waals surface area contributed by atoms with Crippen molar-refractivity contribution in [3.8, 4) is 0 Å². The quantitative estimate of drug-likeness (QED) is 0.791. The Hall–Kier alpha value is -3.19. The van der Waals surface area contributed by atoms with E-state index in [2.05, 4.69) is 5.32 Å². The van der Waals surface area contributed by atoms with Gasteiger partial charge in [-0.05, 0) is 55.3 Å². The van der Waals surface area contributed by atoms with Crippen molar-refractivity contribution >= 4 is 29.1 Å². The van der Waals surface area contributed by atoms with E-state index in [1.165, 1.54) is 11.0 Å². The molecule has 0 aromatic heterocycles. The number of carbonyl (C=O) groups excluding carboxylic acids is 3. The minimum atomic E-state index is -0.370. The van der Waals surface area contributed by atoms with Crippen LogP contribution in [-0.4, -0.2) is 56.0 Å². The molecule has 29 heavy (non-hydrogen) atoms. The first kappa shape index (κ1) is 19.1. The summed E-state index contributed by atoms with van der Waals surface area (Å²) in [6, 6.07) is 12.1. The Labute approximate surface area is 169 Å². The summed E-state index contributed by atoms with van der Waals surface area (Å²) >= 11 is 0. The van der Waals surface area contributed by atoms with E-state index in [0.29, 0.717) is 23.4 Å². The lowest BCUT2D eigenvalue weighted by Crippen LogP contribution is -2.36. The predicted octanol–water partition coefficient (Wildman–Crippen LogP) is 2.78. The number of fused-ring (bicyclic) bond motifs is 1. The van der Waals surface area contributed by atoms with E-state index in [1.807, 2.05) is 43.3 Å². The van der Waals surface area contributed by atoms with Crippen LogP contribution < -0.4 is 10.2 Å². The normalized spacial score (nSPS) is 18.1.